The van der Waals surface area contributed by atoms with Crippen molar-refractivity contribution in [3.05, 3.63) is 93.3 Å². The SMILES string of the molecule is O=C(OCc1ccccc1Oc1cccnc1)c1cc([N+](=O)[O-])ccc1Cl. The Bertz CT molecular complexity index is 979. The van der Waals surface area contributed by atoms with Crippen LogP contribution in [-0.2, 0) is 11.3 Å². The number of rotatable bonds is 6. The molecule has 1 heterocycles. The lowest BCUT2D eigenvalue weighted by molar-refractivity contribution is -0.384. The summed E-state index contributed by atoms with van der Waals surface area (Å²) in [4.78, 5) is 26.5. The average Bonchev–Trinajstić information content (AvgIpc) is 2.68. The lowest BCUT2D eigenvalue weighted by Crippen LogP contribution is -2.07. The summed E-state index contributed by atoms with van der Waals surface area (Å²) >= 11 is 5.96. The van der Waals surface area contributed by atoms with Gasteiger partial charge in [0.05, 0.1) is 21.7 Å². The van der Waals surface area contributed by atoms with Crippen molar-refractivity contribution in [1.82, 2.24) is 4.98 Å². The number of carbonyl (C=O) groups excluding carboxylic acids is 1. The van der Waals surface area contributed by atoms with E-state index in [9.17, 15) is 14.9 Å². The molecule has 0 atom stereocenters. The number of non-ortho nitro benzene ring substituents is 1. The van der Waals surface area contributed by atoms with Crippen molar-refractivity contribution in [3.8, 4) is 11.5 Å². The van der Waals surface area contributed by atoms with Crippen LogP contribution in [0.2, 0.25) is 5.02 Å². The van der Waals surface area contributed by atoms with Gasteiger partial charge in [-0.15, -0.1) is 0 Å². The highest BCUT2D eigenvalue weighted by Crippen LogP contribution is 2.27. The van der Waals surface area contributed by atoms with Gasteiger partial charge in [-0.2, -0.15) is 0 Å². The molecule has 0 aliphatic heterocycles. The van der Waals surface area contributed by atoms with Crippen LogP contribution in [0.4, 0.5) is 5.69 Å². The first-order valence-electron chi connectivity index (χ1n) is 7.81. The molecule has 0 aliphatic carbocycles. The number of halogens is 1. The number of nitro benzene ring substituents is 1. The molecular formula is C19H13ClN2O5. The average molecular weight is 385 g/mol. The molecule has 3 rings (SSSR count). The van der Waals surface area contributed by atoms with Gasteiger partial charge in [0, 0.05) is 23.9 Å². The number of esters is 1. The van der Waals surface area contributed by atoms with E-state index in [0.29, 0.717) is 17.1 Å². The van der Waals surface area contributed by atoms with E-state index < -0.39 is 10.9 Å². The van der Waals surface area contributed by atoms with Crippen LogP contribution in [0.1, 0.15) is 15.9 Å². The van der Waals surface area contributed by atoms with Crippen LogP contribution in [0.15, 0.2) is 67.0 Å². The number of pyridine rings is 1. The third-order valence-electron chi connectivity index (χ3n) is 3.57. The first-order chi connectivity index (χ1) is 13.0. The molecule has 0 saturated heterocycles. The summed E-state index contributed by atoms with van der Waals surface area (Å²) < 4.78 is 11.0. The number of para-hydroxylation sites is 1. The summed E-state index contributed by atoms with van der Waals surface area (Å²) in [5.74, 6) is 0.279. The van der Waals surface area contributed by atoms with E-state index in [1.807, 2.05) is 0 Å². The summed E-state index contributed by atoms with van der Waals surface area (Å²) in [7, 11) is 0. The topological polar surface area (TPSA) is 91.6 Å². The highest BCUT2D eigenvalue weighted by atomic mass is 35.5. The number of nitro groups is 1. The molecular weight excluding hydrogens is 372 g/mol. The Kier molecular flexibility index (Phi) is 5.63. The second kappa shape index (κ2) is 8.29. The smallest absolute Gasteiger partial charge is 0.340 e. The van der Waals surface area contributed by atoms with Gasteiger partial charge in [0.1, 0.15) is 18.1 Å². The summed E-state index contributed by atoms with van der Waals surface area (Å²) in [5, 5.41) is 10.9. The minimum atomic E-state index is -0.764. The molecule has 136 valence electrons. The fourth-order valence-electron chi connectivity index (χ4n) is 2.26. The van der Waals surface area contributed by atoms with Crippen molar-refractivity contribution in [1.29, 1.82) is 0 Å². The van der Waals surface area contributed by atoms with Crippen LogP contribution in [0.5, 0.6) is 11.5 Å². The molecule has 8 heteroatoms. The molecule has 0 fully saturated rings. The third-order valence-corrected chi connectivity index (χ3v) is 3.90. The van der Waals surface area contributed by atoms with E-state index in [0.717, 1.165) is 6.07 Å². The zero-order valence-electron chi connectivity index (χ0n) is 13.9. The van der Waals surface area contributed by atoms with Crippen molar-refractivity contribution < 1.29 is 19.2 Å². The van der Waals surface area contributed by atoms with Gasteiger partial charge in [0.15, 0.2) is 0 Å². The summed E-state index contributed by atoms with van der Waals surface area (Å²) in [6.45, 7) is -0.0890. The molecule has 3 aromatic rings. The number of ether oxygens (including phenoxy) is 2. The number of carbonyl (C=O) groups is 1. The van der Waals surface area contributed by atoms with Crippen LogP contribution in [0.3, 0.4) is 0 Å². The number of hydrogen-bond acceptors (Lipinski definition) is 6. The maximum absolute atomic E-state index is 12.3. The number of hydrogen-bond donors (Lipinski definition) is 0. The van der Waals surface area contributed by atoms with E-state index >= 15 is 0 Å². The second-order valence-corrected chi connectivity index (χ2v) is 5.80. The van der Waals surface area contributed by atoms with Crippen LogP contribution >= 0.6 is 11.6 Å². The second-order valence-electron chi connectivity index (χ2n) is 5.40. The van der Waals surface area contributed by atoms with Gasteiger partial charge in [-0.1, -0.05) is 29.8 Å². The molecule has 0 amide bonds. The van der Waals surface area contributed by atoms with E-state index in [-0.39, 0.29) is 22.9 Å². The zero-order valence-corrected chi connectivity index (χ0v) is 14.6. The maximum atomic E-state index is 12.3. The molecule has 27 heavy (non-hydrogen) atoms. The Balaban J connectivity index is 1.75. The molecule has 0 unspecified atom stereocenters. The molecule has 0 N–H and O–H groups in total. The van der Waals surface area contributed by atoms with Crippen molar-refractivity contribution >= 4 is 23.3 Å². The first-order valence-corrected chi connectivity index (χ1v) is 8.19. The van der Waals surface area contributed by atoms with Gasteiger partial charge in [-0.25, -0.2) is 4.79 Å². The largest absolute Gasteiger partial charge is 0.457 e. The molecule has 0 aliphatic rings. The normalized spacial score (nSPS) is 10.3. The van der Waals surface area contributed by atoms with Crippen LogP contribution in [0, 0.1) is 10.1 Å². The fraction of sp³-hybridized carbons (Fsp3) is 0.0526. The number of benzene rings is 2. The van der Waals surface area contributed by atoms with Crippen LogP contribution in [-0.4, -0.2) is 15.9 Å². The molecule has 0 spiro atoms. The van der Waals surface area contributed by atoms with E-state index in [1.54, 1.807) is 48.8 Å². The Morgan fingerprint density at radius 2 is 1.96 bits per heavy atom. The third kappa shape index (κ3) is 4.59. The summed E-state index contributed by atoms with van der Waals surface area (Å²) in [5.41, 5.74) is 0.305. The zero-order chi connectivity index (χ0) is 19.2. The van der Waals surface area contributed by atoms with Crippen molar-refractivity contribution in [2.24, 2.45) is 0 Å². The van der Waals surface area contributed by atoms with Crippen LogP contribution in [0.25, 0.3) is 0 Å². The Morgan fingerprint density at radius 1 is 1.15 bits per heavy atom. The van der Waals surface area contributed by atoms with E-state index in [1.165, 1.54) is 12.1 Å². The van der Waals surface area contributed by atoms with E-state index in [4.69, 9.17) is 21.1 Å². The molecule has 0 radical (unpaired) electrons. The minimum absolute atomic E-state index is 0.0727. The highest BCUT2D eigenvalue weighted by molar-refractivity contribution is 6.33. The predicted octanol–water partition coefficient (Wildman–Crippen LogP) is 4.79. The molecule has 7 nitrogen and oxygen atoms in total. The Hall–Kier alpha value is -3.45. The van der Waals surface area contributed by atoms with Gasteiger partial charge in [0.2, 0.25) is 0 Å². The van der Waals surface area contributed by atoms with Crippen molar-refractivity contribution in [3.63, 3.8) is 0 Å². The Labute approximate surface area is 159 Å². The van der Waals surface area contributed by atoms with Gasteiger partial charge >= 0.3 is 5.97 Å². The van der Waals surface area contributed by atoms with Gasteiger partial charge in [-0.05, 0) is 24.3 Å². The van der Waals surface area contributed by atoms with Gasteiger partial charge in [0.25, 0.3) is 5.69 Å². The molecule has 1 aromatic heterocycles. The van der Waals surface area contributed by atoms with Crippen molar-refractivity contribution in [2.75, 3.05) is 0 Å². The summed E-state index contributed by atoms with van der Waals surface area (Å²) in [6.07, 6.45) is 3.19. The van der Waals surface area contributed by atoms with Crippen molar-refractivity contribution in [2.45, 2.75) is 6.61 Å². The molecule has 2 aromatic carbocycles. The quantitative estimate of drug-likeness (QED) is 0.344. The van der Waals surface area contributed by atoms with Gasteiger partial charge < -0.3 is 9.47 Å². The monoisotopic (exact) mass is 384 g/mol. The highest BCUT2D eigenvalue weighted by Gasteiger charge is 2.18. The molecule has 0 bridgehead atoms. The Morgan fingerprint density at radius 3 is 2.70 bits per heavy atom. The van der Waals surface area contributed by atoms with E-state index in [2.05, 4.69) is 4.98 Å². The van der Waals surface area contributed by atoms with Crippen LogP contribution < -0.4 is 4.74 Å². The lowest BCUT2D eigenvalue weighted by atomic mass is 10.2. The fourth-order valence-corrected chi connectivity index (χ4v) is 2.46. The summed E-state index contributed by atoms with van der Waals surface area (Å²) in [6, 6.07) is 14.1. The first kappa shape index (κ1) is 18.3. The standard InChI is InChI=1S/C19H13ClN2O5/c20-17-8-7-14(22(24)25)10-16(17)19(23)26-12-13-4-1-2-6-18(13)27-15-5-3-9-21-11-15/h1-11H,12H2. The predicted molar refractivity (Wildman–Crippen MR) is 98.0 cm³/mol. The number of aromatic nitrogens is 1. The lowest BCUT2D eigenvalue weighted by Gasteiger charge is -2.11. The minimum Gasteiger partial charge on any atom is -0.457 e. The molecule has 0 saturated carbocycles. The van der Waals surface area contributed by atoms with Gasteiger partial charge in [-0.3, -0.25) is 15.1 Å². The maximum Gasteiger partial charge on any atom is 0.340 e. The number of nitrogens with zero attached hydrogens (tertiary/aromatic N) is 2.